The monoisotopic (exact) mass is 494 g/mol. The van der Waals surface area contributed by atoms with Gasteiger partial charge in [0.25, 0.3) is 0 Å². The summed E-state index contributed by atoms with van der Waals surface area (Å²) >= 11 is 0. The second kappa shape index (κ2) is 8.40. The zero-order chi connectivity index (χ0) is 26.4. The Morgan fingerprint density at radius 1 is 0.829 bits per heavy atom. The summed E-state index contributed by atoms with van der Waals surface area (Å²) < 4.78 is 0. The van der Waals surface area contributed by atoms with Crippen molar-refractivity contribution in [3.05, 3.63) is 0 Å². The standard InChI is InChI=1S/C30H54O5/c1-25(2)20-10-15-28(6)21(27(20,5)13-11-22(25)32)17-19(31)24-18(9-14-29(24,28)7)30(8,35)16-12-23(33)26(3,4)34/h18-24,31-35H,9-17H2,1-8H3/t18-,19+,20-,21+,22-,23-,24-,27-,28+,29+,30-/m0/s1. The van der Waals surface area contributed by atoms with Crippen molar-refractivity contribution in [2.24, 2.45) is 45.3 Å². The molecule has 4 aliphatic rings. The molecule has 0 amide bonds. The van der Waals surface area contributed by atoms with Crippen LogP contribution in [0.1, 0.15) is 113 Å². The van der Waals surface area contributed by atoms with Gasteiger partial charge in [0.1, 0.15) is 0 Å². The van der Waals surface area contributed by atoms with E-state index < -0.39 is 23.4 Å². The molecule has 0 heterocycles. The minimum atomic E-state index is -1.19. The molecule has 5 N–H and O–H groups in total. The first-order valence-corrected chi connectivity index (χ1v) is 14.3. The van der Waals surface area contributed by atoms with Crippen LogP contribution in [0, 0.1) is 45.3 Å². The highest BCUT2D eigenvalue weighted by Gasteiger charge is 2.71. The second-order valence-corrected chi connectivity index (χ2v) is 15.4. The Morgan fingerprint density at radius 2 is 1.43 bits per heavy atom. The lowest BCUT2D eigenvalue weighted by Crippen LogP contribution is -2.66. The van der Waals surface area contributed by atoms with E-state index in [2.05, 4.69) is 34.6 Å². The maximum absolute atomic E-state index is 11.8. The van der Waals surface area contributed by atoms with E-state index in [1.165, 1.54) is 0 Å². The zero-order valence-corrected chi connectivity index (χ0v) is 23.6. The van der Waals surface area contributed by atoms with Crippen molar-refractivity contribution < 1.29 is 25.5 Å². The molecule has 11 atom stereocenters. The maximum Gasteiger partial charge on any atom is 0.0849 e. The Labute approximate surface area is 213 Å². The molecule has 0 spiro atoms. The normalized spacial score (nSPS) is 50.0. The highest BCUT2D eigenvalue weighted by atomic mass is 16.3. The Balaban J connectivity index is 1.63. The molecule has 0 aliphatic heterocycles. The van der Waals surface area contributed by atoms with Crippen molar-refractivity contribution in [1.82, 2.24) is 0 Å². The Hall–Kier alpha value is -0.200. The molecule has 4 saturated carbocycles. The molecule has 0 saturated heterocycles. The lowest BCUT2D eigenvalue weighted by atomic mass is 9.35. The van der Waals surface area contributed by atoms with Gasteiger partial charge in [0.15, 0.2) is 0 Å². The van der Waals surface area contributed by atoms with Crippen molar-refractivity contribution in [2.45, 2.75) is 143 Å². The summed E-state index contributed by atoms with van der Waals surface area (Å²) in [5.74, 6) is 0.857. The summed E-state index contributed by atoms with van der Waals surface area (Å²) in [6, 6.07) is 0. The minimum absolute atomic E-state index is 0.0237. The average molecular weight is 495 g/mol. The van der Waals surface area contributed by atoms with Gasteiger partial charge in [-0.3, -0.25) is 0 Å². The van der Waals surface area contributed by atoms with Crippen LogP contribution in [-0.4, -0.2) is 55.0 Å². The van der Waals surface area contributed by atoms with Crippen molar-refractivity contribution >= 4 is 0 Å². The first-order chi connectivity index (χ1) is 15.8. The van der Waals surface area contributed by atoms with Gasteiger partial charge in [-0.1, -0.05) is 34.6 Å². The van der Waals surface area contributed by atoms with Crippen LogP contribution in [0.2, 0.25) is 0 Å². The molecule has 4 fully saturated rings. The molecule has 4 aliphatic carbocycles. The van der Waals surface area contributed by atoms with Crippen molar-refractivity contribution in [1.29, 1.82) is 0 Å². The van der Waals surface area contributed by atoms with E-state index in [4.69, 9.17) is 0 Å². The number of aliphatic hydroxyl groups excluding tert-OH is 3. The van der Waals surface area contributed by atoms with E-state index in [0.717, 1.165) is 44.9 Å². The van der Waals surface area contributed by atoms with Crippen LogP contribution in [0.15, 0.2) is 0 Å². The Kier molecular flexibility index (Phi) is 6.68. The van der Waals surface area contributed by atoms with E-state index in [1.807, 2.05) is 6.92 Å². The van der Waals surface area contributed by atoms with Crippen molar-refractivity contribution in [3.8, 4) is 0 Å². The molecule has 0 aromatic carbocycles. The largest absolute Gasteiger partial charge is 0.393 e. The van der Waals surface area contributed by atoms with Gasteiger partial charge in [0, 0.05) is 0 Å². The second-order valence-electron chi connectivity index (χ2n) is 15.4. The molecular formula is C30H54O5. The third-order valence-corrected chi connectivity index (χ3v) is 12.9. The van der Waals surface area contributed by atoms with E-state index in [0.29, 0.717) is 24.7 Å². The molecular weight excluding hydrogens is 440 g/mol. The van der Waals surface area contributed by atoms with E-state index in [-0.39, 0.29) is 39.6 Å². The lowest BCUT2D eigenvalue weighted by Gasteiger charge is -2.70. The molecule has 5 nitrogen and oxygen atoms in total. The zero-order valence-electron chi connectivity index (χ0n) is 23.6. The van der Waals surface area contributed by atoms with E-state index in [1.54, 1.807) is 13.8 Å². The summed E-state index contributed by atoms with van der Waals surface area (Å²) in [7, 11) is 0. The van der Waals surface area contributed by atoms with Crippen molar-refractivity contribution in [3.63, 3.8) is 0 Å². The molecule has 0 bridgehead atoms. The Morgan fingerprint density at radius 3 is 2.03 bits per heavy atom. The third kappa shape index (κ3) is 3.97. The minimum Gasteiger partial charge on any atom is -0.393 e. The fourth-order valence-corrected chi connectivity index (χ4v) is 10.4. The van der Waals surface area contributed by atoms with E-state index in [9.17, 15) is 25.5 Å². The van der Waals surface area contributed by atoms with Gasteiger partial charge in [-0.15, -0.1) is 0 Å². The van der Waals surface area contributed by atoms with Crippen LogP contribution in [0.3, 0.4) is 0 Å². The average Bonchev–Trinajstić information content (AvgIpc) is 3.11. The molecule has 0 aromatic rings. The van der Waals surface area contributed by atoms with Crippen LogP contribution in [0.25, 0.3) is 0 Å². The van der Waals surface area contributed by atoms with Crippen LogP contribution >= 0.6 is 0 Å². The topological polar surface area (TPSA) is 101 Å². The fraction of sp³-hybridized carbons (Fsp3) is 1.00. The van der Waals surface area contributed by atoms with Gasteiger partial charge in [-0.05, 0) is 124 Å². The number of hydrogen-bond donors (Lipinski definition) is 5. The van der Waals surface area contributed by atoms with Crippen LogP contribution in [-0.2, 0) is 0 Å². The molecule has 35 heavy (non-hydrogen) atoms. The molecule has 4 rings (SSSR count). The van der Waals surface area contributed by atoms with Crippen LogP contribution < -0.4 is 0 Å². The van der Waals surface area contributed by atoms with Gasteiger partial charge in [-0.2, -0.15) is 0 Å². The highest BCUT2D eigenvalue weighted by Crippen LogP contribution is 2.75. The molecule has 0 unspecified atom stereocenters. The van der Waals surface area contributed by atoms with Crippen molar-refractivity contribution in [2.75, 3.05) is 0 Å². The van der Waals surface area contributed by atoms with Crippen LogP contribution in [0.5, 0.6) is 0 Å². The lowest BCUT2D eigenvalue weighted by molar-refractivity contribution is -0.246. The predicted molar refractivity (Wildman–Crippen MR) is 139 cm³/mol. The number of hydrogen-bond acceptors (Lipinski definition) is 5. The summed E-state index contributed by atoms with van der Waals surface area (Å²) in [5, 5.41) is 54.9. The molecule has 0 aromatic heterocycles. The van der Waals surface area contributed by atoms with Gasteiger partial charge in [0.05, 0.1) is 29.5 Å². The summed E-state index contributed by atoms with van der Waals surface area (Å²) in [4.78, 5) is 0. The summed E-state index contributed by atoms with van der Waals surface area (Å²) in [6.07, 6.45) is 5.89. The molecule has 204 valence electrons. The van der Waals surface area contributed by atoms with Gasteiger partial charge < -0.3 is 25.5 Å². The number of fused-ring (bicyclic) bond motifs is 5. The highest BCUT2D eigenvalue weighted by molar-refractivity contribution is 5.20. The third-order valence-electron chi connectivity index (χ3n) is 12.9. The van der Waals surface area contributed by atoms with Crippen LogP contribution in [0.4, 0.5) is 0 Å². The summed E-state index contributed by atoms with van der Waals surface area (Å²) in [6.45, 7) is 16.9. The summed E-state index contributed by atoms with van der Waals surface area (Å²) in [5.41, 5.74) is -2.19. The first-order valence-electron chi connectivity index (χ1n) is 14.3. The van der Waals surface area contributed by atoms with E-state index >= 15 is 0 Å². The maximum atomic E-state index is 11.8. The number of rotatable bonds is 5. The van der Waals surface area contributed by atoms with Gasteiger partial charge in [0.2, 0.25) is 0 Å². The molecule has 5 heteroatoms. The fourth-order valence-electron chi connectivity index (χ4n) is 10.4. The smallest absolute Gasteiger partial charge is 0.0849 e. The van der Waals surface area contributed by atoms with Gasteiger partial charge >= 0.3 is 0 Å². The Bertz CT molecular complexity index is 801. The predicted octanol–water partition coefficient (Wildman–Crippen LogP) is 4.67. The molecule has 0 radical (unpaired) electrons. The number of aliphatic hydroxyl groups is 5. The first kappa shape index (κ1) is 27.8. The SMILES string of the molecule is CC(C)(O)[C@@H](O)CC[C@](C)(O)[C@H]1CC[C@]2(C)[C@@H]1[C@H](O)C[C@@H]1[C@@]3(C)CC[C@H](O)C(C)(C)[C@@H]3CC[C@]12C. The quantitative estimate of drug-likeness (QED) is 0.382. The van der Waals surface area contributed by atoms with Gasteiger partial charge in [-0.25, -0.2) is 0 Å².